The minimum Gasteiger partial charge on any atom is -0.481 e. The highest BCUT2D eigenvalue weighted by Crippen LogP contribution is 2.37. The van der Waals surface area contributed by atoms with Crippen LogP contribution in [0.3, 0.4) is 0 Å². The molecule has 0 saturated carbocycles. The molecule has 0 amide bonds. The molecule has 1 aliphatic heterocycles. The van der Waals surface area contributed by atoms with Gasteiger partial charge in [-0.3, -0.25) is 4.79 Å². The van der Waals surface area contributed by atoms with Crippen molar-refractivity contribution in [3.8, 4) is 22.8 Å². The Bertz CT molecular complexity index is 650. The number of carbonyl (C=O) groups is 1. The van der Waals surface area contributed by atoms with Crippen molar-refractivity contribution in [1.82, 2.24) is 4.98 Å². The molecule has 0 fully saturated rings. The third-order valence-electron chi connectivity index (χ3n) is 2.76. The largest absolute Gasteiger partial charge is 0.481 e. The molecule has 0 atom stereocenters. The molecule has 2 aromatic rings. The van der Waals surface area contributed by atoms with Crippen molar-refractivity contribution in [2.24, 2.45) is 0 Å². The maximum atomic E-state index is 10.9. The van der Waals surface area contributed by atoms with Gasteiger partial charge >= 0.3 is 5.97 Å². The Morgan fingerprint density at radius 2 is 2.21 bits per heavy atom. The highest BCUT2D eigenvalue weighted by molar-refractivity contribution is 7.12. The van der Waals surface area contributed by atoms with E-state index in [0.717, 1.165) is 15.4 Å². The first-order valence-electron chi connectivity index (χ1n) is 5.71. The number of hydrogen-bond acceptors (Lipinski definition) is 5. The molecule has 1 aromatic heterocycles. The number of ether oxygens (including phenoxy) is 2. The average Bonchev–Trinajstić information content (AvgIpc) is 2.93. The zero-order valence-electron chi connectivity index (χ0n) is 10.2. The molecule has 0 bridgehead atoms. The van der Waals surface area contributed by atoms with E-state index in [4.69, 9.17) is 14.6 Å². The predicted molar refractivity (Wildman–Crippen MR) is 69.7 cm³/mol. The van der Waals surface area contributed by atoms with Crippen LogP contribution in [0.15, 0.2) is 18.2 Å². The average molecular weight is 277 g/mol. The summed E-state index contributed by atoms with van der Waals surface area (Å²) in [5, 5.41) is 9.79. The summed E-state index contributed by atoms with van der Waals surface area (Å²) < 4.78 is 10.6. The van der Waals surface area contributed by atoms with Crippen LogP contribution in [0, 0.1) is 6.92 Å². The third kappa shape index (κ3) is 2.26. The number of hydrogen-bond donors (Lipinski definition) is 1. The smallest absolute Gasteiger partial charge is 0.308 e. The summed E-state index contributed by atoms with van der Waals surface area (Å²) in [6.45, 7) is 2.09. The van der Waals surface area contributed by atoms with Crippen LogP contribution in [-0.2, 0) is 11.2 Å². The molecule has 0 unspecified atom stereocenters. The summed E-state index contributed by atoms with van der Waals surface area (Å²) in [6.07, 6.45) is -0.0186. The Hall–Kier alpha value is -2.08. The fraction of sp³-hybridized carbons (Fsp3) is 0.231. The van der Waals surface area contributed by atoms with E-state index in [1.165, 1.54) is 11.3 Å². The Kier molecular flexibility index (Phi) is 2.87. The number of carboxylic acids is 1. The zero-order valence-corrected chi connectivity index (χ0v) is 11.0. The lowest BCUT2D eigenvalue weighted by Gasteiger charge is -2.02. The van der Waals surface area contributed by atoms with Crippen LogP contribution in [0.5, 0.6) is 11.5 Å². The van der Waals surface area contributed by atoms with Crippen molar-refractivity contribution in [1.29, 1.82) is 0 Å². The number of thiazole rings is 1. The Morgan fingerprint density at radius 3 is 3.00 bits per heavy atom. The quantitative estimate of drug-likeness (QED) is 0.933. The van der Waals surface area contributed by atoms with Crippen molar-refractivity contribution in [2.45, 2.75) is 13.3 Å². The Labute approximate surface area is 113 Å². The second kappa shape index (κ2) is 4.55. The normalized spacial score (nSPS) is 12.7. The lowest BCUT2D eigenvalue weighted by Crippen LogP contribution is -1.99. The Morgan fingerprint density at radius 1 is 1.42 bits per heavy atom. The minimum absolute atomic E-state index is 0.0186. The Balaban J connectivity index is 2.04. The molecule has 5 nitrogen and oxygen atoms in total. The van der Waals surface area contributed by atoms with Gasteiger partial charge in [-0.25, -0.2) is 4.98 Å². The van der Waals surface area contributed by atoms with Gasteiger partial charge in [-0.1, -0.05) is 0 Å². The first-order valence-corrected chi connectivity index (χ1v) is 6.53. The number of aliphatic carboxylic acids is 1. The topological polar surface area (TPSA) is 68.7 Å². The number of benzene rings is 1. The van der Waals surface area contributed by atoms with Gasteiger partial charge in [-0.2, -0.15) is 0 Å². The monoisotopic (exact) mass is 277 g/mol. The molecule has 19 heavy (non-hydrogen) atoms. The first kappa shape index (κ1) is 12.0. The van der Waals surface area contributed by atoms with Crippen LogP contribution in [-0.4, -0.2) is 22.9 Å². The second-order valence-electron chi connectivity index (χ2n) is 4.14. The van der Waals surface area contributed by atoms with Gasteiger partial charge < -0.3 is 14.6 Å². The van der Waals surface area contributed by atoms with Crippen LogP contribution in [0.2, 0.25) is 0 Å². The summed E-state index contributed by atoms with van der Waals surface area (Å²) in [5.41, 5.74) is 1.56. The summed E-state index contributed by atoms with van der Waals surface area (Å²) in [7, 11) is 0. The van der Waals surface area contributed by atoms with E-state index in [9.17, 15) is 4.79 Å². The van der Waals surface area contributed by atoms with Gasteiger partial charge in [0.25, 0.3) is 0 Å². The van der Waals surface area contributed by atoms with Gasteiger partial charge in [0, 0.05) is 10.4 Å². The number of fused-ring (bicyclic) bond motifs is 1. The molecular weight excluding hydrogens is 266 g/mol. The zero-order chi connectivity index (χ0) is 13.4. The lowest BCUT2D eigenvalue weighted by molar-refractivity contribution is -0.136. The van der Waals surface area contributed by atoms with Gasteiger partial charge in [-0.15, -0.1) is 11.3 Å². The molecule has 1 aliphatic rings. The third-order valence-corrected chi connectivity index (χ3v) is 3.73. The number of aryl methyl sites for hydroxylation is 1. The van der Waals surface area contributed by atoms with Gasteiger partial charge in [0.15, 0.2) is 11.5 Å². The second-order valence-corrected chi connectivity index (χ2v) is 5.43. The molecule has 3 rings (SSSR count). The van der Waals surface area contributed by atoms with Crippen LogP contribution in [0.1, 0.15) is 9.88 Å². The highest BCUT2D eigenvalue weighted by Gasteiger charge is 2.18. The summed E-state index contributed by atoms with van der Waals surface area (Å²) in [4.78, 5) is 16.1. The molecule has 98 valence electrons. The fourth-order valence-corrected chi connectivity index (χ4v) is 2.95. The van der Waals surface area contributed by atoms with E-state index < -0.39 is 5.97 Å². The van der Waals surface area contributed by atoms with Gasteiger partial charge in [0.1, 0.15) is 0 Å². The van der Waals surface area contributed by atoms with Crippen LogP contribution >= 0.6 is 11.3 Å². The number of rotatable bonds is 3. The maximum Gasteiger partial charge on any atom is 0.308 e. The van der Waals surface area contributed by atoms with Crippen molar-refractivity contribution in [3.05, 3.63) is 28.1 Å². The van der Waals surface area contributed by atoms with E-state index >= 15 is 0 Å². The van der Waals surface area contributed by atoms with Gasteiger partial charge in [0.05, 0.1) is 17.1 Å². The van der Waals surface area contributed by atoms with E-state index in [2.05, 4.69) is 4.98 Å². The maximum absolute atomic E-state index is 10.9. The summed E-state index contributed by atoms with van der Waals surface area (Å²) in [5.74, 6) is 0.519. The summed E-state index contributed by atoms with van der Waals surface area (Å²) in [6, 6.07) is 5.52. The molecule has 1 aromatic carbocycles. The van der Waals surface area contributed by atoms with E-state index in [1.54, 1.807) is 0 Å². The molecule has 6 heteroatoms. The molecule has 0 radical (unpaired) electrons. The summed E-state index contributed by atoms with van der Waals surface area (Å²) >= 11 is 1.41. The van der Waals surface area contributed by atoms with Crippen molar-refractivity contribution in [3.63, 3.8) is 0 Å². The molecular formula is C13H11NO4S. The number of nitrogens with zero attached hydrogens (tertiary/aromatic N) is 1. The number of carboxylic acid groups (broad SMARTS) is 1. The molecule has 0 saturated heterocycles. The van der Waals surface area contributed by atoms with E-state index in [1.807, 2.05) is 25.1 Å². The minimum atomic E-state index is -0.856. The van der Waals surface area contributed by atoms with Gasteiger partial charge in [0.2, 0.25) is 6.79 Å². The van der Waals surface area contributed by atoms with Crippen molar-refractivity contribution < 1.29 is 19.4 Å². The molecule has 0 spiro atoms. The molecule has 1 N–H and O–H groups in total. The lowest BCUT2D eigenvalue weighted by atomic mass is 10.1. The van der Waals surface area contributed by atoms with Gasteiger partial charge in [-0.05, 0) is 25.1 Å². The molecule has 2 heterocycles. The van der Waals surface area contributed by atoms with Crippen LogP contribution < -0.4 is 9.47 Å². The number of aromatic nitrogens is 1. The first-order chi connectivity index (χ1) is 9.13. The SMILES string of the molecule is Cc1nc(-c2ccc3c(c2)OCO3)c(CC(=O)O)s1. The molecule has 0 aliphatic carbocycles. The van der Waals surface area contributed by atoms with Crippen molar-refractivity contribution >= 4 is 17.3 Å². The van der Waals surface area contributed by atoms with E-state index in [-0.39, 0.29) is 13.2 Å². The van der Waals surface area contributed by atoms with Crippen LogP contribution in [0.4, 0.5) is 0 Å². The van der Waals surface area contributed by atoms with Crippen molar-refractivity contribution in [2.75, 3.05) is 6.79 Å². The van der Waals surface area contributed by atoms with Crippen LogP contribution in [0.25, 0.3) is 11.3 Å². The fourth-order valence-electron chi connectivity index (χ4n) is 2.00. The standard InChI is InChI=1S/C13H11NO4S/c1-7-14-13(11(19-7)5-12(15)16)8-2-3-9-10(4-8)18-6-17-9/h2-4H,5-6H2,1H3,(H,15,16). The highest BCUT2D eigenvalue weighted by atomic mass is 32.1. The predicted octanol–water partition coefficient (Wildman–Crippen LogP) is 2.47. The van der Waals surface area contributed by atoms with E-state index in [0.29, 0.717) is 17.2 Å².